The van der Waals surface area contributed by atoms with Crippen LogP contribution in [-0.2, 0) is 30.3 Å². The third kappa shape index (κ3) is 4.42. The number of benzene rings is 1. The van der Waals surface area contributed by atoms with Gasteiger partial charge in [-0.05, 0) is 32.3 Å². The molecule has 2 aromatic heterocycles. The Balaban J connectivity index is 1.74. The van der Waals surface area contributed by atoms with E-state index in [2.05, 4.69) is 27.2 Å². The zero-order valence-corrected chi connectivity index (χ0v) is 16.1. The van der Waals surface area contributed by atoms with Crippen LogP contribution in [0.3, 0.4) is 0 Å². The molecule has 0 unspecified atom stereocenters. The Labute approximate surface area is 159 Å². The molecule has 27 heavy (non-hydrogen) atoms. The number of carbonyl (C=O) groups excluding carboxylic acids is 1. The maximum Gasteiger partial charge on any atom is 0.250 e. The fourth-order valence-corrected chi connectivity index (χ4v) is 3.07. The van der Waals surface area contributed by atoms with E-state index in [9.17, 15) is 4.79 Å². The van der Waals surface area contributed by atoms with Crippen molar-refractivity contribution in [1.82, 2.24) is 29.2 Å². The summed E-state index contributed by atoms with van der Waals surface area (Å²) in [5.74, 6) is 0.863. The zero-order valence-electron chi connectivity index (χ0n) is 16.1. The Morgan fingerprint density at radius 3 is 2.63 bits per heavy atom. The number of hydrogen-bond acceptors (Lipinski definition) is 4. The smallest absolute Gasteiger partial charge is 0.250 e. The van der Waals surface area contributed by atoms with Gasteiger partial charge in [-0.15, -0.1) is 0 Å². The molecule has 2 heterocycles. The molecule has 0 spiro atoms. The summed E-state index contributed by atoms with van der Waals surface area (Å²) in [5.41, 5.74) is 0.464. The molecule has 0 fully saturated rings. The van der Waals surface area contributed by atoms with E-state index >= 15 is 0 Å². The first-order chi connectivity index (χ1) is 13.0. The SMILES string of the molecule is Cn1ccnc1CN(CCCc1ccccc1)C(=O)C(C)(C)n1cncn1. The molecule has 3 rings (SSSR count). The fraction of sp³-hybridized carbons (Fsp3) is 0.400. The van der Waals surface area contributed by atoms with Gasteiger partial charge in [0.15, 0.2) is 0 Å². The van der Waals surface area contributed by atoms with Crippen LogP contribution in [0.4, 0.5) is 0 Å². The molecule has 0 aliphatic carbocycles. The summed E-state index contributed by atoms with van der Waals surface area (Å²) >= 11 is 0. The summed E-state index contributed by atoms with van der Waals surface area (Å²) < 4.78 is 3.55. The molecular weight excluding hydrogens is 340 g/mol. The van der Waals surface area contributed by atoms with Crippen molar-refractivity contribution in [3.8, 4) is 0 Å². The van der Waals surface area contributed by atoms with E-state index in [4.69, 9.17) is 0 Å². The van der Waals surface area contributed by atoms with E-state index in [1.807, 2.05) is 54.8 Å². The van der Waals surface area contributed by atoms with E-state index in [1.165, 1.54) is 11.9 Å². The summed E-state index contributed by atoms with van der Waals surface area (Å²) in [6.45, 7) is 4.85. The Hall–Kier alpha value is -2.96. The zero-order chi connectivity index (χ0) is 19.3. The highest BCUT2D eigenvalue weighted by atomic mass is 16.2. The van der Waals surface area contributed by atoms with Crippen molar-refractivity contribution in [2.45, 2.75) is 38.8 Å². The second-order valence-corrected chi connectivity index (χ2v) is 7.17. The molecule has 7 nitrogen and oxygen atoms in total. The lowest BCUT2D eigenvalue weighted by Gasteiger charge is -2.31. The first-order valence-corrected chi connectivity index (χ1v) is 9.13. The monoisotopic (exact) mass is 366 g/mol. The van der Waals surface area contributed by atoms with Gasteiger partial charge in [0.25, 0.3) is 0 Å². The predicted molar refractivity (Wildman–Crippen MR) is 103 cm³/mol. The van der Waals surface area contributed by atoms with Gasteiger partial charge in [0.2, 0.25) is 5.91 Å². The van der Waals surface area contributed by atoms with E-state index < -0.39 is 5.54 Å². The molecule has 0 radical (unpaired) electrons. The largest absolute Gasteiger partial charge is 0.337 e. The topological polar surface area (TPSA) is 68.8 Å². The van der Waals surface area contributed by atoms with Crippen LogP contribution in [0.25, 0.3) is 0 Å². The van der Waals surface area contributed by atoms with Crippen molar-refractivity contribution in [3.05, 3.63) is 66.8 Å². The summed E-state index contributed by atoms with van der Waals surface area (Å²) in [5, 5.41) is 4.17. The highest BCUT2D eigenvalue weighted by Gasteiger charge is 2.35. The Bertz CT molecular complexity index is 854. The molecule has 0 aliphatic rings. The molecule has 1 aromatic carbocycles. The van der Waals surface area contributed by atoms with Crippen molar-refractivity contribution in [1.29, 1.82) is 0 Å². The summed E-state index contributed by atoms with van der Waals surface area (Å²) in [6, 6.07) is 10.3. The number of aryl methyl sites for hydroxylation is 2. The quantitative estimate of drug-likeness (QED) is 0.614. The molecule has 0 bridgehead atoms. The summed E-state index contributed by atoms with van der Waals surface area (Å²) in [7, 11) is 1.94. The number of imidazole rings is 1. The number of aromatic nitrogens is 5. The van der Waals surface area contributed by atoms with Gasteiger partial charge in [0, 0.05) is 26.0 Å². The third-order valence-corrected chi connectivity index (χ3v) is 4.79. The average molecular weight is 366 g/mol. The molecule has 0 saturated heterocycles. The first-order valence-electron chi connectivity index (χ1n) is 9.13. The summed E-state index contributed by atoms with van der Waals surface area (Å²) in [6.07, 6.45) is 8.49. The Morgan fingerprint density at radius 2 is 2.00 bits per heavy atom. The van der Waals surface area contributed by atoms with Crippen LogP contribution in [0, 0.1) is 0 Å². The predicted octanol–water partition coefficient (Wildman–Crippen LogP) is 2.41. The standard InChI is InChI=1S/C20H26N6O/c1-20(2,26-16-21-15-23-26)19(27)25(14-18-22-11-13-24(18)3)12-7-10-17-8-5-4-6-9-17/h4-6,8-9,11,13,15-16H,7,10,12,14H2,1-3H3. The molecule has 0 N–H and O–H groups in total. The minimum atomic E-state index is -0.811. The van der Waals surface area contributed by atoms with Crippen molar-refractivity contribution in [2.24, 2.45) is 7.05 Å². The number of amides is 1. The highest BCUT2D eigenvalue weighted by molar-refractivity contribution is 5.83. The van der Waals surface area contributed by atoms with Gasteiger partial charge in [-0.3, -0.25) is 4.79 Å². The number of nitrogens with zero attached hydrogens (tertiary/aromatic N) is 6. The van der Waals surface area contributed by atoms with Crippen molar-refractivity contribution < 1.29 is 4.79 Å². The minimum Gasteiger partial charge on any atom is -0.337 e. The Morgan fingerprint density at radius 1 is 1.22 bits per heavy atom. The molecule has 0 saturated carbocycles. The maximum absolute atomic E-state index is 13.3. The van der Waals surface area contributed by atoms with Crippen LogP contribution in [0.15, 0.2) is 55.4 Å². The average Bonchev–Trinajstić information content (AvgIpc) is 3.34. The highest BCUT2D eigenvalue weighted by Crippen LogP contribution is 2.19. The first kappa shape index (κ1) is 18.8. The van der Waals surface area contributed by atoms with Gasteiger partial charge >= 0.3 is 0 Å². The van der Waals surface area contributed by atoms with Crippen LogP contribution in [0.5, 0.6) is 0 Å². The van der Waals surface area contributed by atoms with E-state index in [1.54, 1.807) is 17.2 Å². The van der Waals surface area contributed by atoms with E-state index in [0.717, 1.165) is 18.7 Å². The molecule has 7 heteroatoms. The van der Waals surface area contributed by atoms with Gasteiger partial charge in [0.1, 0.15) is 24.0 Å². The maximum atomic E-state index is 13.3. The van der Waals surface area contributed by atoms with Crippen LogP contribution >= 0.6 is 0 Å². The van der Waals surface area contributed by atoms with Gasteiger partial charge in [0.05, 0.1) is 6.54 Å². The van der Waals surface area contributed by atoms with Gasteiger partial charge in [-0.25, -0.2) is 14.6 Å². The van der Waals surface area contributed by atoms with Gasteiger partial charge in [-0.2, -0.15) is 5.10 Å². The number of carbonyl (C=O) groups is 1. The minimum absolute atomic E-state index is 0.00376. The lowest BCUT2D eigenvalue weighted by molar-refractivity contribution is -0.140. The molecule has 0 aliphatic heterocycles. The normalized spacial score (nSPS) is 11.5. The van der Waals surface area contributed by atoms with Crippen molar-refractivity contribution >= 4 is 5.91 Å². The molecular formula is C20H26N6O. The molecule has 142 valence electrons. The second-order valence-electron chi connectivity index (χ2n) is 7.17. The van der Waals surface area contributed by atoms with Crippen LogP contribution in [0.2, 0.25) is 0 Å². The number of hydrogen-bond donors (Lipinski definition) is 0. The van der Waals surface area contributed by atoms with Gasteiger partial charge < -0.3 is 9.47 Å². The molecule has 3 aromatic rings. The van der Waals surface area contributed by atoms with Crippen molar-refractivity contribution in [3.63, 3.8) is 0 Å². The lowest BCUT2D eigenvalue weighted by Crippen LogP contribution is -2.47. The molecule has 0 atom stereocenters. The van der Waals surface area contributed by atoms with Crippen LogP contribution in [-0.4, -0.2) is 41.7 Å². The van der Waals surface area contributed by atoms with Crippen LogP contribution < -0.4 is 0 Å². The lowest BCUT2D eigenvalue weighted by atomic mass is 10.0. The van der Waals surface area contributed by atoms with Crippen LogP contribution in [0.1, 0.15) is 31.7 Å². The number of rotatable bonds is 8. The Kier molecular flexibility index (Phi) is 5.69. The fourth-order valence-electron chi connectivity index (χ4n) is 3.07. The second kappa shape index (κ2) is 8.16. The van der Waals surface area contributed by atoms with E-state index in [0.29, 0.717) is 13.1 Å². The molecule has 1 amide bonds. The third-order valence-electron chi connectivity index (χ3n) is 4.79. The summed E-state index contributed by atoms with van der Waals surface area (Å²) in [4.78, 5) is 23.6. The van der Waals surface area contributed by atoms with Gasteiger partial charge in [-0.1, -0.05) is 30.3 Å². The van der Waals surface area contributed by atoms with Crippen molar-refractivity contribution in [2.75, 3.05) is 6.54 Å². The van der Waals surface area contributed by atoms with E-state index in [-0.39, 0.29) is 5.91 Å².